The summed E-state index contributed by atoms with van der Waals surface area (Å²) in [5, 5.41) is 0. The van der Waals surface area contributed by atoms with Crippen molar-refractivity contribution in [2.45, 2.75) is 46.5 Å². The van der Waals surface area contributed by atoms with Crippen molar-refractivity contribution >= 4 is 6.29 Å². The Labute approximate surface area is 75.9 Å². The van der Waals surface area contributed by atoms with Crippen LogP contribution in [0.15, 0.2) is 12.2 Å². The van der Waals surface area contributed by atoms with E-state index in [-0.39, 0.29) is 0 Å². The molecule has 0 aliphatic carbocycles. The third kappa shape index (κ3) is 6.14. The Kier molecular flexibility index (Phi) is 5.69. The Morgan fingerprint density at radius 2 is 1.92 bits per heavy atom. The van der Waals surface area contributed by atoms with E-state index in [1.165, 1.54) is 19.3 Å². The summed E-state index contributed by atoms with van der Waals surface area (Å²) >= 11 is 0. The van der Waals surface area contributed by atoms with E-state index in [4.69, 9.17) is 0 Å². The van der Waals surface area contributed by atoms with E-state index in [2.05, 4.69) is 20.8 Å². The van der Waals surface area contributed by atoms with Crippen molar-refractivity contribution in [2.24, 2.45) is 5.41 Å². The Morgan fingerprint density at radius 3 is 2.42 bits per heavy atom. The molecule has 0 bridgehead atoms. The first-order chi connectivity index (χ1) is 5.62. The number of hydrogen-bond acceptors (Lipinski definition) is 1. The number of allylic oxidation sites excluding steroid dienone is 2. The number of rotatable bonds is 6. The molecule has 0 aromatic carbocycles. The van der Waals surface area contributed by atoms with Gasteiger partial charge in [-0.05, 0) is 30.8 Å². The minimum Gasteiger partial charge on any atom is -0.299 e. The molecule has 1 nitrogen and oxygen atoms in total. The van der Waals surface area contributed by atoms with Gasteiger partial charge in [0.1, 0.15) is 6.29 Å². The highest BCUT2D eigenvalue weighted by Gasteiger charge is 2.14. The molecule has 0 heterocycles. The van der Waals surface area contributed by atoms with Crippen LogP contribution in [0.4, 0.5) is 0 Å². The molecule has 70 valence electrons. The van der Waals surface area contributed by atoms with E-state index in [0.29, 0.717) is 5.41 Å². The first-order valence-corrected chi connectivity index (χ1v) is 4.72. The highest BCUT2D eigenvalue weighted by molar-refractivity contribution is 5.64. The van der Waals surface area contributed by atoms with Crippen molar-refractivity contribution in [3.8, 4) is 0 Å². The molecule has 0 fully saturated rings. The average molecular weight is 168 g/mol. The fraction of sp³-hybridized carbons (Fsp3) is 0.727. The number of carbonyl (C=O) groups is 1. The van der Waals surface area contributed by atoms with E-state index >= 15 is 0 Å². The van der Waals surface area contributed by atoms with Crippen LogP contribution in [-0.2, 0) is 4.79 Å². The van der Waals surface area contributed by atoms with Gasteiger partial charge in [0, 0.05) is 0 Å². The highest BCUT2D eigenvalue weighted by atomic mass is 16.1. The van der Waals surface area contributed by atoms with Crippen LogP contribution in [0, 0.1) is 5.41 Å². The summed E-state index contributed by atoms with van der Waals surface area (Å²) in [5.74, 6) is 0. The van der Waals surface area contributed by atoms with Gasteiger partial charge in [0.05, 0.1) is 0 Å². The zero-order chi connectivity index (χ0) is 9.45. The Bertz CT molecular complexity index is 145. The summed E-state index contributed by atoms with van der Waals surface area (Å²) < 4.78 is 0. The third-order valence-electron chi connectivity index (χ3n) is 2.13. The lowest BCUT2D eigenvalue weighted by molar-refractivity contribution is -0.104. The standard InChI is InChI=1S/C11H20O/c1-4-8-11(2,3)9-6-5-7-10-12/h5,7,10H,4,6,8-9H2,1-3H3/b7-5+. The zero-order valence-electron chi connectivity index (χ0n) is 8.47. The smallest absolute Gasteiger partial charge is 0.142 e. The van der Waals surface area contributed by atoms with Crippen LogP contribution < -0.4 is 0 Å². The molecule has 0 spiro atoms. The van der Waals surface area contributed by atoms with Crippen LogP contribution in [-0.4, -0.2) is 6.29 Å². The van der Waals surface area contributed by atoms with Crippen LogP contribution in [0.2, 0.25) is 0 Å². The number of hydrogen-bond donors (Lipinski definition) is 0. The molecule has 0 N–H and O–H groups in total. The van der Waals surface area contributed by atoms with Crippen molar-refractivity contribution in [3.05, 3.63) is 12.2 Å². The largest absolute Gasteiger partial charge is 0.299 e. The molecule has 0 aromatic heterocycles. The molecule has 12 heavy (non-hydrogen) atoms. The van der Waals surface area contributed by atoms with Crippen molar-refractivity contribution in [1.29, 1.82) is 0 Å². The zero-order valence-corrected chi connectivity index (χ0v) is 8.47. The van der Waals surface area contributed by atoms with Crippen molar-refractivity contribution in [3.63, 3.8) is 0 Å². The second-order valence-corrected chi connectivity index (χ2v) is 4.02. The molecule has 0 unspecified atom stereocenters. The fourth-order valence-electron chi connectivity index (χ4n) is 1.43. The van der Waals surface area contributed by atoms with Gasteiger partial charge in [-0.2, -0.15) is 0 Å². The predicted molar refractivity (Wildman–Crippen MR) is 53.1 cm³/mol. The normalized spacial score (nSPS) is 12.2. The second-order valence-electron chi connectivity index (χ2n) is 4.02. The molecule has 0 aliphatic rings. The van der Waals surface area contributed by atoms with Gasteiger partial charge in [0.15, 0.2) is 0 Å². The molecule has 0 saturated carbocycles. The molecule has 0 aromatic rings. The Hall–Kier alpha value is -0.590. The third-order valence-corrected chi connectivity index (χ3v) is 2.13. The van der Waals surface area contributed by atoms with E-state index in [1.807, 2.05) is 6.08 Å². The molecule has 0 radical (unpaired) electrons. The van der Waals surface area contributed by atoms with Gasteiger partial charge in [-0.1, -0.05) is 33.3 Å². The fourth-order valence-corrected chi connectivity index (χ4v) is 1.43. The van der Waals surface area contributed by atoms with Crippen molar-refractivity contribution < 1.29 is 4.79 Å². The van der Waals surface area contributed by atoms with E-state index in [1.54, 1.807) is 6.08 Å². The van der Waals surface area contributed by atoms with Gasteiger partial charge in [-0.15, -0.1) is 0 Å². The molecular formula is C11H20O. The Morgan fingerprint density at radius 1 is 1.25 bits per heavy atom. The maximum atomic E-state index is 9.97. The molecular weight excluding hydrogens is 148 g/mol. The SMILES string of the molecule is CCCC(C)(C)CC/C=C/C=O. The second kappa shape index (κ2) is 5.99. The first-order valence-electron chi connectivity index (χ1n) is 4.72. The van der Waals surface area contributed by atoms with Crippen LogP contribution in [0.3, 0.4) is 0 Å². The highest BCUT2D eigenvalue weighted by Crippen LogP contribution is 2.27. The summed E-state index contributed by atoms with van der Waals surface area (Å²) in [6.07, 6.45) is 9.07. The van der Waals surface area contributed by atoms with Crippen LogP contribution in [0.1, 0.15) is 46.5 Å². The lowest BCUT2D eigenvalue weighted by atomic mass is 9.83. The van der Waals surface area contributed by atoms with E-state index in [9.17, 15) is 4.79 Å². The molecule has 1 heteroatoms. The van der Waals surface area contributed by atoms with Gasteiger partial charge in [0.25, 0.3) is 0 Å². The summed E-state index contributed by atoms with van der Waals surface area (Å²) in [5.41, 5.74) is 0.433. The van der Waals surface area contributed by atoms with Gasteiger partial charge in [0.2, 0.25) is 0 Å². The molecule has 0 amide bonds. The first kappa shape index (κ1) is 11.4. The molecule has 0 rings (SSSR count). The molecule has 0 atom stereocenters. The van der Waals surface area contributed by atoms with Crippen LogP contribution in [0.5, 0.6) is 0 Å². The monoisotopic (exact) mass is 168 g/mol. The number of carbonyl (C=O) groups excluding carboxylic acids is 1. The molecule has 0 aliphatic heterocycles. The van der Waals surface area contributed by atoms with Gasteiger partial charge < -0.3 is 0 Å². The minimum atomic E-state index is 0.433. The molecule has 0 saturated heterocycles. The summed E-state index contributed by atoms with van der Waals surface area (Å²) in [7, 11) is 0. The predicted octanol–water partition coefficient (Wildman–Crippen LogP) is 3.35. The summed E-state index contributed by atoms with van der Waals surface area (Å²) in [6, 6.07) is 0. The summed E-state index contributed by atoms with van der Waals surface area (Å²) in [4.78, 5) is 9.97. The average Bonchev–Trinajstić information content (AvgIpc) is 1.98. The Balaban J connectivity index is 3.59. The van der Waals surface area contributed by atoms with Gasteiger partial charge >= 0.3 is 0 Å². The van der Waals surface area contributed by atoms with Crippen molar-refractivity contribution in [1.82, 2.24) is 0 Å². The van der Waals surface area contributed by atoms with E-state index in [0.717, 1.165) is 12.7 Å². The maximum Gasteiger partial charge on any atom is 0.142 e. The lowest BCUT2D eigenvalue weighted by Gasteiger charge is -2.22. The van der Waals surface area contributed by atoms with Gasteiger partial charge in [-0.3, -0.25) is 4.79 Å². The maximum absolute atomic E-state index is 9.97. The van der Waals surface area contributed by atoms with Gasteiger partial charge in [-0.25, -0.2) is 0 Å². The van der Waals surface area contributed by atoms with Crippen molar-refractivity contribution in [2.75, 3.05) is 0 Å². The number of aldehydes is 1. The lowest BCUT2D eigenvalue weighted by Crippen LogP contribution is -2.09. The van der Waals surface area contributed by atoms with E-state index < -0.39 is 0 Å². The topological polar surface area (TPSA) is 17.1 Å². The van der Waals surface area contributed by atoms with Crippen LogP contribution >= 0.6 is 0 Å². The van der Waals surface area contributed by atoms with Crippen LogP contribution in [0.25, 0.3) is 0 Å². The minimum absolute atomic E-state index is 0.433. The quantitative estimate of drug-likeness (QED) is 0.439. The summed E-state index contributed by atoms with van der Waals surface area (Å²) in [6.45, 7) is 6.78.